The minimum absolute atomic E-state index is 0.149. The Hall–Kier alpha value is -3.11. The summed E-state index contributed by atoms with van der Waals surface area (Å²) < 4.78 is 1.90. The molecule has 0 fully saturated rings. The van der Waals surface area contributed by atoms with Gasteiger partial charge in [0, 0.05) is 30.0 Å². The minimum atomic E-state index is -0.374. The molecule has 1 N–H and O–H groups in total. The van der Waals surface area contributed by atoms with Crippen molar-refractivity contribution in [2.24, 2.45) is 7.05 Å². The molecule has 0 saturated heterocycles. The van der Waals surface area contributed by atoms with Gasteiger partial charge in [0.15, 0.2) is 0 Å². The Kier molecular flexibility index (Phi) is 4.65. The second kappa shape index (κ2) is 7.25. The predicted molar refractivity (Wildman–Crippen MR) is 108 cm³/mol. The van der Waals surface area contributed by atoms with Crippen molar-refractivity contribution < 1.29 is 4.79 Å². The first-order chi connectivity index (χ1) is 13.1. The van der Waals surface area contributed by atoms with E-state index in [1.54, 1.807) is 6.20 Å². The molecule has 1 atom stereocenters. The second-order valence-corrected chi connectivity index (χ2v) is 6.85. The number of amides is 1. The van der Waals surface area contributed by atoms with Crippen LogP contribution in [0.1, 0.15) is 27.8 Å². The molecule has 0 saturated carbocycles. The number of nitrogens with zero attached hydrogens (tertiary/aromatic N) is 2. The highest BCUT2D eigenvalue weighted by Crippen LogP contribution is 2.23. The number of hydrogen-bond donors (Lipinski definition) is 1. The number of nitrogens with one attached hydrogen (secondary N) is 1. The Morgan fingerprint density at radius 2 is 1.78 bits per heavy atom. The zero-order valence-corrected chi connectivity index (χ0v) is 15.5. The van der Waals surface area contributed by atoms with Crippen LogP contribution in [0.15, 0.2) is 79.1 Å². The van der Waals surface area contributed by atoms with Crippen LogP contribution in [0.4, 0.5) is 0 Å². The van der Waals surface area contributed by atoms with Crippen molar-refractivity contribution in [1.82, 2.24) is 14.9 Å². The number of hydrogen-bond acceptors (Lipinski definition) is 2. The number of aromatic nitrogens is 2. The molecule has 1 heterocycles. The van der Waals surface area contributed by atoms with Crippen LogP contribution in [0.5, 0.6) is 0 Å². The summed E-state index contributed by atoms with van der Waals surface area (Å²) in [6.07, 6.45) is 3.58. The van der Waals surface area contributed by atoms with Crippen LogP contribution in [-0.4, -0.2) is 15.5 Å². The van der Waals surface area contributed by atoms with Crippen molar-refractivity contribution in [3.63, 3.8) is 0 Å². The number of halogens is 1. The van der Waals surface area contributed by atoms with Crippen LogP contribution in [0.2, 0.25) is 5.02 Å². The monoisotopic (exact) mass is 375 g/mol. The van der Waals surface area contributed by atoms with Gasteiger partial charge in [0.25, 0.3) is 5.91 Å². The molecule has 0 aliphatic heterocycles. The lowest BCUT2D eigenvalue weighted by molar-refractivity contribution is 0.0941. The van der Waals surface area contributed by atoms with E-state index in [-0.39, 0.29) is 11.9 Å². The third-order valence-corrected chi connectivity index (χ3v) is 4.86. The van der Waals surface area contributed by atoms with Gasteiger partial charge in [-0.2, -0.15) is 0 Å². The minimum Gasteiger partial charge on any atom is -0.338 e. The molecule has 0 spiro atoms. The predicted octanol–water partition coefficient (Wildman–Crippen LogP) is 4.75. The Morgan fingerprint density at radius 1 is 1.04 bits per heavy atom. The molecule has 1 aromatic heterocycles. The van der Waals surface area contributed by atoms with Crippen LogP contribution in [0, 0.1) is 0 Å². The van der Waals surface area contributed by atoms with Crippen LogP contribution in [0.3, 0.4) is 0 Å². The normalized spacial score (nSPS) is 12.1. The van der Waals surface area contributed by atoms with E-state index < -0.39 is 0 Å². The Labute approximate surface area is 162 Å². The first-order valence-electron chi connectivity index (χ1n) is 8.64. The molecular weight excluding hydrogens is 358 g/mol. The maximum Gasteiger partial charge on any atom is 0.252 e. The highest BCUT2D eigenvalue weighted by atomic mass is 35.5. The second-order valence-electron chi connectivity index (χ2n) is 6.42. The smallest absolute Gasteiger partial charge is 0.252 e. The SMILES string of the molecule is Cn1ccnc1[C@@H](NC(=O)c1ccc2ccccc2c1)c1ccc(Cl)cc1. The van der Waals surface area contributed by atoms with E-state index in [9.17, 15) is 4.79 Å². The van der Waals surface area contributed by atoms with Gasteiger partial charge in [-0.15, -0.1) is 0 Å². The summed E-state index contributed by atoms with van der Waals surface area (Å²) in [5, 5.41) is 5.90. The molecule has 5 heteroatoms. The maximum absolute atomic E-state index is 13.0. The van der Waals surface area contributed by atoms with E-state index in [1.807, 2.05) is 84.5 Å². The summed E-state index contributed by atoms with van der Waals surface area (Å²) in [4.78, 5) is 17.4. The van der Waals surface area contributed by atoms with Gasteiger partial charge in [0.2, 0.25) is 0 Å². The number of carbonyl (C=O) groups excluding carboxylic acids is 1. The van der Waals surface area contributed by atoms with E-state index in [0.717, 1.165) is 22.2 Å². The van der Waals surface area contributed by atoms with Gasteiger partial charge in [0.1, 0.15) is 11.9 Å². The van der Waals surface area contributed by atoms with Crippen molar-refractivity contribution in [1.29, 1.82) is 0 Å². The molecule has 0 bridgehead atoms. The number of fused-ring (bicyclic) bond motifs is 1. The molecular formula is C22H18ClN3O. The van der Waals surface area contributed by atoms with E-state index in [4.69, 9.17) is 11.6 Å². The molecule has 4 aromatic rings. The molecule has 4 nitrogen and oxygen atoms in total. The van der Waals surface area contributed by atoms with E-state index in [2.05, 4.69) is 10.3 Å². The van der Waals surface area contributed by atoms with E-state index in [0.29, 0.717) is 10.6 Å². The van der Waals surface area contributed by atoms with Gasteiger partial charge in [0.05, 0.1) is 0 Å². The molecule has 4 rings (SSSR count). The van der Waals surface area contributed by atoms with Gasteiger partial charge in [-0.05, 0) is 40.6 Å². The van der Waals surface area contributed by atoms with E-state index >= 15 is 0 Å². The van der Waals surface area contributed by atoms with Gasteiger partial charge in [-0.25, -0.2) is 4.98 Å². The maximum atomic E-state index is 13.0. The Balaban J connectivity index is 1.69. The van der Waals surface area contributed by atoms with Crippen LogP contribution < -0.4 is 5.32 Å². The van der Waals surface area contributed by atoms with Crippen LogP contribution in [0.25, 0.3) is 10.8 Å². The number of aryl methyl sites for hydroxylation is 1. The molecule has 27 heavy (non-hydrogen) atoms. The summed E-state index contributed by atoms with van der Waals surface area (Å²) in [7, 11) is 1.91. The van der Waals surface area contributed by atoms with Crippen molar-refractivity contribution in [2.45, 2.75) is 6.04 Å². The molecule has 0 aliphatic carbocycles. The first kappa shape index (κ1) is 17.3. The topological polar surface area (TPSA) is 46.9 Å². The fourth-order valence-electron chi connectivity index (χ4n) is 3.15. The zero-order chi connectivity index (χ0) is 18.8. The van der Waals surface area contributed by atoms with Crippen molar-refractivity contribution in [2.75, 3.05) is 0 Å². The Morgan fingerprint density at radius 3 is 2.48 bits per heavy atom. The average molecular weight is 376 g/mol. The lowest BCUT2D eigenvalue weighted by Gasteiger charge is -2.19. The summed E-state index contributed by atoms with van der Waals surface area (Å²) in [5.41, 5.74) is 1.53. The summed E-state index contributed by atoms with van der Waals surface area (Å²) >= 11 is 6.02. The zero-order valence-electron chi connectivity index (χ0n) is 14.8. The lowest BCUT2D eigenvalue weighted by atomic mass is 10.0. The number of rotatable bonds is 4. The standard InChI is InChI=1S/C22H18ClN3O/c1-26-13-12-24-21(26)20(16-8-10-19(23)11-9-16)25-22(27)18-7-6-15-4-2-3-5-17(15)14-18/h2-14,20H,1H3,(H,25,27)/t20-/m0/s1. The summed E-state index contributed by atoms with van der Waals surface area (Å²) in [6.45, 7) is 0. The molecule has 0 aliphatic rings. The summed E-state index contributed by atoms with van der Waals surface area (Å²) in [5.74, 6) is 0.607. The van der Waals surface area contributed by atoms with E-state index in [1.165, 1.54) is 0 Å². The molecule has 1 amide bonds. The fourth-order valence-corrected chi connectivity index (χ4v) is 3.28. The van der Waals surface area contributed by atoms with Crippen LogP contribution >= 0.6 is 11.6 Å². The van der Waals surface area contributed by atoms with Crippen molar-refractivity contribution in [3.8, 4) is 0 Å². The highest BCUT2D eigenvalue weighted by molar-refractivity contribution is 6.30. The van der Waals surface area contributed by atoms with Gasteiger partial charge in [-0.1, -0.05) is 54.1 Å². The molecule has 0 unspecified atom stereocenters. The molecule has 0 radical (unpaired) electrons. The number of carbonyl (C=O) groups is 1. The van der Waals surface area contributed by atoms with Gasteiger partial charge in [-0.3, -0.25) is 4.79 Å². The largest absolute Gasteiger partial charge is 0.338 e. The van der Waals surface area contributed by atoms with Crippen molar-refractivity contribution >= 4 is 28.3 Å². The lowest BCUT2D eigenvalue weighted by Crippen LogP contribution is -2.31. The third-order valence-electron chi connectivity index (χ3n) is 4.61. The molecule has 134 valence electrons. The molecule has 3 aromatic carbocycles. The quantitative estimate of drug-likeness (QED) is 0.559. The Bertz CT molecular complexity index is 1100. The first-order valence-corrected chi connectivity index (χ1v) is 9.02. The van der Waals surface area contributed by atoms with Gasteiger partial charge >= 0.3 is 0 Å². The number of imidazole rings is 1. The third kappa shape index (κ3) is 3.57. The van der Waals surface area contributed by atoms with Crippen molar-refractivity contribution in [3.05, 3.63) is 101 Å². The van der Waals surface area contributed by atoms with Crippen LogP contribution in [-0.2, 0) is 7.05 Å². The summed E-state index contributed by atoms with van der Waals surface area (Å²) in [6, 6.07) is 20.8. The fraction of sp³-hybridized carbons (Fsp3) is 0.0909. The number of benzene rings is 3. The highest BCUT2D eigenvalue weighted by Gasteiger charge is 2.21. The van der Waals surface area contributed by atoms with Gasteiger partial charge < -0.3 is 9.88 Å². The average Bonchev–Trinajstić information content (AvgIpc) is 3.12.